The van der Waals surface area contributed by atoms with Gasteiger partial charge in [-0.3, -0.25) is 9.59 Å². The molecule has 2 aromatic carbocycles. The zero-order valence-corrected chi connectivity index (χ0v) is 21.7. The Labute approximate surface area is 217 Å². The van der Waals surface area contributed by atoms with E-state index in [1.54, 1.807) is 11.2 Å². The minimum Gasteiger partial charge on any atom is -0.494 e. The number of benzene rings is 2. The first-order valence-electron chi connectivity index (χ1n) is 12.9. The van der Waals surface area contributed by atoms with E-state index in [-0.39, 0.29) is 24.2 Å². The Bertz CT molecular complexity index is 1280. The summed E-state index contributed by atoms with van der Waals surface area (Å²) < 4.78 is 5.53. The molecule has 0 aliphatic carbocycles. The Balaban J connectivity index is 1.20. The summed E-state index contributed by atoms with van der Waals surface area (Å²) in [5.41, 5.74) is 5.06. The first-order chi connectivity index (χ1) is 17.9. The second-order valence-corrected chi connectivity index (χ2v) is 9.71. The first kappa shape index (κ1) is 24.7. The fourth-order valence-electron chi connectivity index (χ4n) is 5.00. The lowest BCUT2D eigenvalue weighted by Crippen LogP contribution is -2.51. The summed E-state index contributed by atoms with van der Waals surface area (Å²) in [4.78, 5) is 40.8. The summed E-state index contributed by atoms with van der Waals surface area (Å²) in [5, 5.41) is 0. The number of aryl methyl sites for hydroxylation is 2. The number of piperazine rings is 1. The van der Waals surface area contributed by atoms with Gasteiger partial charge in [-0.05, 0) is 68.3 Å². The molecule has 1 aromatic heterocycles. The Morgan fingerprint density at radius 2 is 1.73 bits per heavy atom. The standard InChI is InChI=1S/C29H33N5O3/c1-4-37-25-9-6-22(7-10-25)26-17-27(31-19-30-26)32-11-13-33(14-12-32)29(36)23-16-28(35)34(18-23)24-8-5-20(2)21(3)15-24/h5-10,15,17,19,23H,4,11-14,16,18H2,1-3H3. The van der Waals surface area contributed by atoms with Crippen molar-refractivity contribution in [1.82, 2.24) is 14.9 Å². The molecule has 5 rings (SSSR count). The van der Waals surface area contributed by atoms with Gasteiger partial charge in [0.1, 0.15) is 17.9 Å². The van der Waals surface area contributed by atoms with E-state index in [0.29, 0.717) is 39.3 Å². The van der Waals surface area contributed by atoms with Crippen LogP contribution in [0.5, 0.6) is 5.75 Å². The highest BCUT2D eigenvalue weighted by atomic mass is 16.5. The Hall–Kier alpha value is -3.94. The van der Waals surface area contributed by atoms with Crippen LogP contribution >= 0.6 is 0 Å². The van der Waals surface area contributed by atoms with Gasteiger partial charge in [-0.15, -0.1) is 0 Å². The number of aromatic nitrogens is 2. The van der Waals surface area contributed by atoms with Crippen LogP contribution in [0.25, 0.3) is 11.3 Å². The molecule has 192 valence electrons. The number of nitrogens with zero attached hydrogens (tertiary/aromatic N) is 5. The van der Waals surface area contributed by atoms with Crippen molar-refractivity contribution < 1.29 is 14.3 Å². The predicted octanol–water partition coefficient (Wildman–Crippen LogP) is 3.86. The van der Waals surface area contributed by atoms with Crippen molar-refractivity contribution in [3.05, 3.63) is 66.0 Å². The molecule has 2 aliphatic heterocycles. The normalized spacial score (nSPS) is 17.9. The smallest absolute Gasteiger partial charge is 0.228 e. The third kappa shape index (κ3) is 5.28. The maximum atomic E-state index is 13.3. The van der Waals surface area contributed by atoms with Crippen molar-refractivity contribution >= 4 is 23.3 Å². The number of ether oxygens (including phenoxy) is 1. The van der Waals surface area contributed by atoms with Crippen molar-refractivity contribution in [3.8, 4) is 17.0 Å². The van der Waals surface area contributed by atoms with E-state index >= 15 is 0 Å². The van der Waals surface area contributed by atoms with Crippen LogP contribution in [0.3, 0.4) is 0 Å². The van der Waals surface area contributed by atoms with E-state index in [9.17, 15) is 9.59 Å². The highest BCUT2D eigenvalue weighted by Gasteiger charge is 2.38. The minimum atomic E-state index is -0.300. The zero-order valence-electron chi connectivity index (χ0n) is 21.7. The average Bonchev–Trinajstić information content (AvgIpc) is 3.32. The molecule has 8 heteroatoms. The maximum absolute atomic E-state index is 13.3. The fraction of sp³-hybridized carbons (Fsp3) is 0.379. The van der Waals surface area contributed by atoms with Crippen molar-refractivity contribution in [3.63, 3.8) is 0 Å². The number of amides is 2. The average molecular weight is 500 g/mol. The molecule has 37 heavy (non-hydrogen) atoms. The molecular weight excluding hydrogens is 466 g/mol. The summed E-state index contributed by atoms with van der Waals surface area (Å²) in [6.07, 6.45) is 1.85. The molecule has 0 saturated carbocycles. The lowest BCUT2D eigenvalue weighted by molar-refractivity contribution is -0.136. The van der Waals surface area contributed by atoms with Gasteiger partial charge in [0.15, 0.2) is 0 Å². The molecule has 0 spiro atoms. The van der Waals surface area contributed by atoms with Gasteiger partial charge in [-0.25, -0.2) is 9.97 Å². The van der Waals surface area contributed by atoms with Gasteiger partial charge < -0.3 is 19.4 Å². The summed E-state index contributed by atoms with van der Waals surface area (Å²) in [7, 11) is 0. The molecule has 1 unspecified atom stereocenters. The maximum Gasteiger partial charge on any atom is 0.228 e. The molecule has 0 bridgehead atoms. The highest BCUT2D eigenvalue weighted by molar-refractivity contribution is 6.00. The van der Waals surface area contributed by atoms with E-state index in [4.69, 9.17) is 4.74 Å². The van der Waals surface area contributed by atoms with Gasteiger partial charge in [0.05, 0.1) is 18.2 Å². The second-order valence-electron chi connectivity index (χ2n) is 9.71. The van der Waals surface area contributed by atoms with Crippen LogP contribution in [0, 0.1) is 19.8 Å². The number of anilines is 2. The van der Waals surface area contributed by atoms with Crippen LogP contribution in [0.4, 0.5) is 11.5 Å². The molecule has 2 amide bonds. The van der Waals surface area contributed by atoms with Crippen molar-refractivity contribution in [2.24, 2.45) is 5.92 Å². The molecular formula is C29H33N5O3. The summed E-state index contributed by atoms with van der Waals surface area (Å²) in [6, 6.07) is 15.9. The molecule has 3 heterocycles. The quantitative estimate of drug-likeness (QED) is 0.513. The topological polar surface area (TPSA) is 78.9 Å². The second kappa shape index (κ2) is 10.6. The lowest BCUT2D eigenvalue weighted by atomic mass is 10.1. The first-order valence-corrected chi connectivity index (χ1v) is 12.9. The number of carbonyl (C=O) groups is 2. The van der Waals surface area contributed by atoms with Crippen molar-refractivity contribution in [1.29, 1.82) is 0 Å². The summed E-state index contributed by atoms with van der Waals surface area (Å²) in [5.74, 6) is 1.47. The van der Waals surface area contributed by atoms with E-state index < -0.39 is 0 Å². The highest BCUT2D eigenvalue weighted by Crippen LogP contribution is 2.29. The molecule has 0 radical (unpaired) electrons. The van der Waals surface area contributed by atoms with E-state index in [1.165, 1.54) is 5.56 Å². The monoisotopic (exact) mass is 499 g/mol. The third-order valence-corrected chi connectivity index (χ3v) is 7.31. The van der Waals surface area contributed by atoms with Crippen LogP contribution in [-0.2, 0) is 9.59 Å². The molecule has 8 nitrogen and oxygen atoms in total. The van der Waals surface area contributed by atoms with Gasteiger partial charge in [0, 0.05) is 56.5 Å². The number of rotatable bonds is 6. The van der Waals surface area contributed by atoms with Gasteiger partial charge in [-0.2, -0.15) is 0 Å². The Kier molecular flexibility index (Phi) is 7.08. The van der Waals surface area contributed by atoms with Crippen LogP contribution in [0.2, 0.25) is 0 Å². The summed E-state index contributed by atoms with van der Waals surface area (Å²) >= 11 is 0. The number of hydrogen-bond donors (Lipinski definition) is 0. The van der Waals surface area contributed by atoms with E-state index in [1.807, 2.05) is 67.3 Å². The largest absolute Gasteiger partial charge is 0.494 e. The predicted molar refractivity (Wildman–Crippen MR) is 144 cm³/mol. The lowest BCUT2D eigenvalue weighted by Gasteiger charge is -2.36. The summed E-state index contributed by atoms with van der Waals surface area (Å²) in [6.45, 7) is 9.72. The zero-order chi connectivity index (χ0) is 25.9. The molecule has 2 saturated heterocycles. The van der Waals surface area contributed by atoms with Gasteiger partial charge in [0.2, 0.25) is 11.8 Å². The number of hydrogen-bond acceptors (Lipinski definition) is 6. The Morgan fingerprint density at radius 3 is 2.43 bits per heavy atom. The van der Waals surface area contributed by atoms with Crippen LogP contribution in [0.1, 0.15) is 24.5 Å². The minimum absolute atomic E-state index is 0.0167. The van der Waals surface area contributed by atoms with E-state index in [2.05, 4.69) is 21.8 Å². The van der Waals surface area contributed by atoms with Crippen LogP contribution in [-0.4, -0.2) is 66.0 Å². The molecule has 3 aromatic rings. The SMILES string of the molecule is CCOc1ccc(-c2cc(N3CCN(C(=O)C4CC(=O)N(c5ccc(C)c(C)c5)C4)CC3)ncn2)cc1. The van der Waals surface area contributed by atoms with Crippen molar-refractivity contribution in [2.75, 3.05) is 49.1 Å². The third-order valence-electron chi connectivity index (χ3n) is 7.31. The van der Waals surface area contributed by atoms with Gasteiger partial charge in [-0.1, -0.05) is 6.07 Å². The van der Waals surface area contributed by atoms with E-state index in [0.717, 1.165) is 34.1 Å². The van der Waals surface area contributed by atoms with Crippen molar-refractivity contribution in [2.45, 2.75) is 27.2 Å². The molecule has 0 N–H and O–H groups in total. The van der Waals surface area contributed by atoms with Crippen LogP contribution in [0.15, 0.2) is 54.9 Å². The molecule has 1 atom stereocenters. The number of carbonyl (C=O) groups excluding carboxylic acids is 2. The Morgan fingerprint density at radius 1 is 0.973 bits per heavy atom. The van der Waals surface area contributed by atoms with Crippen LogP contribution < -0.4 is 14.5 Å². The fourth-order valence-corrected chi connectivity index (χ4v) is 5.00. The molecule has 2 fully saturated rings. The van der Waals surface area contributed by atoms with Gasteiger partial charge >= 0.3 is 0 Å². The van der Waals surface area contributed by atoms with Gasteiger partial charge in [0.25, 0.3) is 0 Å². The molecule has 2 aliphatic rings.